The molecule has 8 heteroatoms. The van der Waals surface area contributed by atoms with Crippen LogP contribution >= 0.6 is 23.2 Å². The molecular weight excluding hydrogens is 450 g/mol. The van der Waals surface area contributed by atoms with E-state index in [-0.39, 0.29) is 17.5 Å². The summed E-state index contributed by atoms with van der Waals surface area (Å²) in [5.74, 6) is -0.214. The lowest BCUT2D eigenvalue weighted by Gasteiger charge is -2.20. The number of nitrogens with zero attached hydrogens (tertiary/aromatic N) is 4. The lowest BCUT2D eigenvalue weighted by Crippen LogP contribution is -2.31. The molecule has 1 unspecified atom stereocenters. The van der Waals surface area contributed by atoms with Crippen molar-refractivity contribution in [3.8, 4) is 0 Å². The zero-order chi connectivity index (χ0) is 22.8. The van der Waals surface area contributed by atoms with Crippen LogP contribution in [0.3, 0.4) is 0 Å². The van der Waals surface area contributed by atoms with Crippen LogP contribution in [0, 0.1) is 5.82 Å². The number of halogens is 3. The molecule has 4 rings (SSSR count). The SMILES string of the molecule is CN(C)CCn1c(=O)n(C2CCCN(Cc3ccc(F)cc3)CC2)c2cc(Cl)c(Cl)cc21. The lowest BCUT2D eigenvalue weighted by molar-refractivity contribution is 0.272. The van der Waals surface area contributed by atoms with Gasteiger partial charge in [0, 0.05) is 32.2 Å². The van der Waals surface area contributed by atoms with Gasteiger partial charge in [-0.3, -0.25) is 14.0 Å². The molecule has 2 heterocycles. The average Bonchev–Trinajstić information content (AvgIpc) is 2.88. The van der Waals surface area contributed by atoms with Gasteiger partial charge in [0.05, 0.1) is 21.1 Å². The first-order chi connectivity index (χ1) is 15.3. The van der Waals surface area contributed by atoms with Crippen LogP contribution in [0.2, 0.25) is 10.0 Å². The second-order valence-electron chi connectivity index (χ2n) is 8.85. The number of likely N-dealkylation sites (N-methyl/N-ethyl adjacent to an activating group) is 1. The summed E-state index contributed by atoms with van der Waals surface area (Å²) in [5, 5.41) is 0.922. The molecule has 1 saturated heterocycles. The minimum atomic E-state index is -0.214. The molecule has 0 saturated carbocycles. The second-order valence-corrected chi connectivity index (χ2v) is 9.66. The average molecular weight is 479 g/mol. The zero-order valence-corrected chi connectivity index (χ0v) is 20.0. The smallest absolute Gasteiger partial charge is 0.308 e. The third kappa shape index (κ3) is 5.04. The molecule has 1 atom stereocenters. The third-order valence-corrected chi connectivity index (χ3v) is 6.97. The van der Waals surface area contributed by atoms with Crippen LogP contribution in [-0.2, 0) is 13.1 Å². The number of fused-ring (bicyclic) bond motifs is 1. The molecule has 1 aromatic heterocycles. The Morgan fingerprint density at radius 3 is 2.41 bits per heavy atom. The highest BCUT2D eigenvalue weighted by Crippen LogP contribution is 2.31. The minimum absolute atomic E-state index is 0.00262. The van der Waals surface area contributed by atoms with E-state index in [1.807, 2.05) is 47.5 Å². The fourth-order valence-electron chi connectivity index (χ4n) is 4.54. The summed E-state index contributed by atoms with van der Waals surface area (Å²) in [7, 11) is 3.99. The standard InChI is InChI=1S/C24H29Cl2FN4O/c1-28(2)12-13-30-22-14-20(25)21(26)15-23(22)31(24(30)32)19-4-3-10-29(11-9-19)16-17-5-7-18(27)8-6-17/h5-8,14-15,19H,3-4,9-13,16H2,1-2H3. The first-order valence-electron chi connectivity index (χ1n) is 11.0. The van der Waals surface area contributed by atoms with Crippen molar-refractivity contribution >= 4 is 34.2 Å². The Bertz CT molecular complexity index is 1140. The van der Waals surface area contributed by atoms with Crippen molar-refractivity contribution in [3.05, 3.63) is 68.3 Å². The monoisotopic (exact) mass is 478 g/mol. The van der Waals surface area contributed by atoms with E-state index in [2.05, 4.69) is 9.80 Å². The number of hydrogen-bond donors (Lipinski definition) is 0. The molecule has 0 spiro atoms. The Balaban J connectivity index is 1.61. The number of hydrogen-bond acceptors (Lipinski definition) is 3. The number of likely N-dealkylation sites (tertiary alicyclic amines) is 1. The van der Waals surface area contributed by atoms with E-state index in [4.69, 9.17) is 23.2 Å². The van der Waals surface area contributed by atoms with E-state index >= 15 is 0 Å². The Morgan fingerprint density at radius 1 is 1.03 bits per heavy atom. The fraction of sp³-hybridized carbons (Fsp3) is 0.458. The molecule has 5 nitrogen and oxygen atoms in total. The van der Waals surface area contributed by atoms with Crippen LogP contribution in [0.5, 0.6) is 0 Å². The van der Waals surface area contributed by atoms with Crippen LogP contribution < -0.4 is 5.69 Å². The molecule has 0 amide bonds. The zero-order valence-electron chi connectivity index (χ0n) is 18.5. The minimum Gasteiger partial charge on any atom is -0.308 e. The maximum Gasteiger partial charge on any atom is 0.329 e. The molecule has 3 aromatic rings. The van der Waals surface area contributed by atoms with Gasteiger partial charge in [-0.05, 0) is 69.7 Å². The van der Waals surface area contributed by atoms with Crippen molar-refractivity contribution in [2.75, 3.05) is 33.7 Å². The first kappa shape index (κ1) is 23.3. The summed E-state index contributed by atoms with van der Waals surface area (Å²) in [6.45, 7) is 3.97. The highest BCUT2D eigenvalue weighted by molar-refractivity contribution is 6.42. The van der Waals surface area contributed by atoms with E-state index in [1.54, 1.807) is 0 Å². The largest absolute Gasteiger partial charge is 0.329 e. The van der Waals surface area contributed by atoms with Crippen molar-refractivity contribution in [3.63, 3.8) is 0 Å². The summed E-state index contributed by atoms with van der Waals surface area (Å²) in [5.41, 5.74) is 2.78. The topological polar surface area (TPSA) is 33.4 Å². The molecule has 0 N–H and O–H groups in total. The van der Waals surface area contributed by atoms with Gasteiger partial charge < -0.3 is 4.90 Å². The second kappa shape index (κ2) is 9.96. The van der Waals surface area contributed by atoms with Crippen molar-refractivity contribution in [1.29, 1.82) is 0 Å². The van der Waals surface area contributed by atoms with Crippen LogP contribution in [0.1, 0.15) is 30.9 Å². The van der Waals surface area contributed by atoms with Gasteiger partial charge in [-0.25, -0.2) is 9.18 Å². The van der Waals surface area contributed by atoms with Crippen LogP contribution in [0.15, 0.2) is 41.2 Å². The van der Waals surface area contributed by atoms with Crippen molar-refractivity contribution in [2.45, 2.75) is 38.4 Å². The quantitative estimate of drug-likeness (QED) is 0.497. The summed E-state index contributed by atoms with van der Waals surface area (Å²) in [6, 6.07) is 10.4. The Morgan fingerprint density at radius 2 is 1.72 bits per heavy atom. The highest BCUT2D eigenvalue weighted by atomic mass is 35.5. The Kier molecular flexibility index (Phi) is 7.25. The van der Waals surface area contributed by atoms with Crippen LogP contribution in [-0.4, -0.2) is 52.7 Å². The summed E-state index contributed by atoms with van der Waals surface area (Å²) in [4.78, 5) is 18.0. The number of benzene rings is 2. The Hall–Kier alpha value is -1.86. The van der Waals surface area contributed by atoms with E-state index in [9.17, 15) is 9.18 Å². The van der Waals surface area contributed by atoms with Gasteiger partial charge >= 0.3 is 5.69 Å². The Labute approximate surface area is 197 Å². The predicted molar refractivity (Wildman–Crippen MR) is 129 cm³/mol. The van der Waals surface area contributed by atoms with Crippen molar-refractivity contribution < 1.29 is 4.39 Å². The highest BCUT2D eigenvalue weighted by Gasteiger charge is 2.24. The summed E-state index contributed by atoms with van der Waals surface area (Å²) >= 11 is 12.6. The van der Waals surface area contributed by atoms with E-state index < -0.39 is 0 Å². The van der Waals surface area contributed by atoms with Gasteiger partial charge in [-0.15, -0.1) is 0 Å². The maximum absolute atomic E-state index is 13.5. The van der Waals surface area contributed by atoms with Gasteiger partial charge in [0.2, 0.25) is 0 Å². The number of aromatic nitrogens is 2. The number of rotatable bonds is 6. The van der Waals surface area contributed by atoms with E-state index in [1.165, 1.54) is 12.1 Å². The predicted octanol–water partition coefficient (Wildman–Crippen LogP) is 5.04. The van der Waals surface area contributed by atoms with E-state index in [0.717, 1.165) is 62.0 Å². The van der Waals surface area contributed by atoms with Gasteiger partial charge in [-0.2, -0.15) is 0 Å². The molecule has 0 bridgehead atoms. The third-order valence-electron chi connectivity index (χ3n) is 6.25. The molecule has 2 aromatic carbocycles. The summed E-state index contributed by atoms with van der Waals surface area (Å²) < 4.78 is 17.0. The maximum atomic E-state index is 13.5. The van der Waals surface area contributed by atoms with Gasteiger partial charge in [-0.1, -0.05) is 35.3 Å². The number of imidazole rings is 1. The van der Waals surface area contributed by atoms with Crippen LogP contribution in [0.25, 0.3) is 11.0 Å². The van der Waals surface area contributed by atoms with Crippen molar-refractivity contribution in [2.24, 2.45) is 0 Å². The molecule has 0 aliphatic carbocycles. The molecule has 0 radical (unpaired) electrons. The normalized spacial score (nSPS) is 17.9. The van der Waals surface area contributed by atoms with Crippen molar-refractivity contribution in [1.82, 2.24) is 18.9 Å². The molecular formula is C24H29Cl2FN4O. The molecule has 1 fully saturated rings. The molecule has 1 aliphatic heterocycles. The molecule has 172 valence electrons. The molecule has 1 aliphatic rings. The first-order valence-corrected chi connectivity index (χ1v) is 11.8. The summed E-state index contributed by atoms with van der Waals surface area (Å²) in [6.07, 6.45) is 2.78. The lowest BCUT2D eigenvalue weighted by atomic mass is 10.1. The van der Waals surface area contributed by atoms with Gasteiger partial charge in [0.1, 0.15) is 5.82 Å². The van der Waals surface area contributed by atoms with Gasteiger partial charge in [0.25, 0.3) is 0 Å². The van der Waals surface area contributed by atoms with Gasteiger partial charge in [0.15, 0.2) is 0 Å². The fourth-order valence-corrected chi connectivity index (χ4v) is 4.86. The molecule has 32 heavy (non-hydrogen) atoms. The van der Waals surface area contributed by atoms with Crippen LogP contribution in [0.4, 0.5) is 4.39 Å². The van der Waals surface area contributed by atoms with E-state index in [0.29, 0.717) is 16.6 Å².